The molecule has 1 fully saturated rings. The van der Waals surface area contributed by atoms with Crippen molar-refractivity contribution in [3.63, 3.8) is 0 Å². The number of rotatable bonds is 6. The molecule has 1 aliphatic heterocycles. The van der Waals surface area contributed by atoms with Crippen molar-refractivity contribution in [3.8, 4) is 0 Å². The molecule has 0 unspecified atom stereocenters. The van der Waals surface area contributed by atoms with Crippen LogP contribution in [0.1, 0.15) is 18.1 Å². The first kappa shape index (κ1) is 24.0. The van der Waals surface area contributed by atoms with E-state index in [0.717, 1.165) is 11.8 Å². The minimum atomic E-state index is -4.81. The van der Waals surface area contributed by atoms with Crippen molar-refractivity contribution < 1.29 is 18.0 Å². The normalized spacial score (nSPS) is 15.5. The highest BCUT2D eigenvalue weighted by Crippen LogP contribution is 2.31. The molecule has 3 rings (SSSR count). The number of hydrogen-bond acceptors (Lipinski definition) is 7. The smallest absolute Gasteiger partial charge is 0.377 e. The van der Waals surface area contributed by atoms with Crippen molar-refractivity contribution in [1.29, 1.82) is 0 Å². The maximum absolute atomic E-state index is 13.1. The predicted molar refractivity (Wildman–Crippen MR) is 116 cm³/mol. The lowest BCUT2D eigenvalue weighted by molar-refractivity contribution is -0.138. The number of halogens is 3. The van der Waals surface area contributed by atoms with E-state index in [9.17, 15) is 22.8 Å². The van der Waals surface area contributed by atoms with E-state index in [4.69, 9.17) is 0 Å². The average molecular weight is 466 g/mol. The Labute approximate surface area is 187 Å². The van der Waals surface area contributed by atoms with Gasteiger partial charge in [0.2, 0.25) is 5.95 Å². The van der Waals surface area contributed by atoms with Gasteiger partial charge in [-0.1, -0.05) is 12.2 Å². The number of nitrogens with one attached hydrogen (secondary N) is 3. The highest BCUT2D eigenvalue weighted by molar-refractivity contribution is 5.74. The van der Waals surface area contributed by atoms with E-state index < -0.39 is 29.0 Å². The molecule has 10 nitrogen and oxygen atoms in total. The van der Waals surface area contributed by atoms with Gasteiger partial charge in [0.1, 0.15) is 5.56 Å². The number of aromatic nitrogens is 4. The molecule has 2 amide bonds. The van der Waals surface area contributed by atoms with E-state index in [1.165, 1.54) is 0 Å². The van der Waals surface area contributed by atoms with Crippen LogP contribution in [-0.4, -0.2) is 69.9 Å². The van der Waals surface area contributed by atoms with Gasteiger partial charge < -0.3 is 20.4 Å². The monoisotopic (exact) mass is 466 g/mol. The molecular weight excluding hydrogens is 441 g/mol. The van der Waals surface area contributed by atoms with E-state index in [1.54, 1.807) is 41.5 Å². The zero-order valence-corrected chi connectivity index (χ0v) is 18.2. The molecule has 1 atom stereocenters. The molecule has 0 bridgehead atoms. The van der Waals surface area contributed by atoms with Crippen LogP contribution in [0, 0.1) is 6.92 Å². The number of piperazine rings is 1. The van der Waals surface area contributed by atoms with Crippen molar-refractivity contribution >= 4 is 17.7 Å². The lowest BCUT2D eigenvalue weighted by atomic mass is 10.2. The second-order valence-corrected chi connectivity index (χ2v) is 7.57. The first-order valence-corrected chi connectivity index (χ1v) is 10.3. The molecule has 2 aromatic heterocycles. The molecule has 13 heteroatoms. The topological polar surface area (TPSA) is 119 Å². The minimum absolute atomic E-state index is 0.200. The van der Waals surface area contributed by atoms with Gasteiger partial charge in [0.25, 0.3) is 5.56 Å². The second-order valence-electron chi connectivity index (χ2n) is 7.57. The Morgan fingerprint density at radius 2 is 1.88 bits per heavy atom. The second kappa shape index (κ2) is 10.3. The molecule has 178 valence electrons. The summed E-state index contributed by atoms with van der Waals surface area (Å²) < 4.78 is 39.3. The van der Waals surface area contributed by atoms with E-state index >= 15 is 0 Å². The molecule has 0 aromatic carbocycles. The first-order chi connectivity index (χ1) is 15.6. The molecule has 33 heavy (non-hydrogen) atoms. The highest BCUT2D eigenvalue weighted by Gasteiger charge is 2.37. The van der Waals surface area contributed by atoms with Gasteiger partial charge in [-0.2, -0.15) is 18.3 Å². The van der Waals surface area contributed by atoms with Gasteiger partial charge in [-0.05, 0) is 19.4 Å². The third-order valence-corrected chi connectivity index (χ3v) is 4.94. The number of H-pyrrole nitrogens is 1. The summed E-state index contributed by atoms with van der Waals surface area (Å²) in [7, 11) is 0. The largest absolute Gasteiger partial charge is 0.423 e. The van der Waals surface area contributed by atoms with Gasteiger partial charge in [-0.25, -0.2) is 19.9 Å². The molecule has 1 saturated heterocycles. The van der Waals surface area contributed by atoms with Crippen molar-refractivity contribution in [2.75, 3.05) is 42.9 Å². The Balaban J connectivity index is 1.45. The molecular formula is C20H25F3N8O2. The van der Waals surface area contributed by atoms with Crippen molar-refractivity contribution in [2.24, 2.45) is 0 Å². The number of alkyl halides is 3. The van der Waals surface area contributed by atoms with Crippen LogP contribution in [0.4, 0.5) is 29.6 Å². The molecule has 0 spiro atoms. The van der Waals surface area contributed by atoms with Crippen LogP contribution < -0.4 is 21.1 Å². The van der Waals surface area contributed by atoms with E-state index in [1.807, 2.05) is 11.8 Å². The van der Waals surface area contributed by atoms with Crippen molar-refractivity contribution in [2.45, 2.75) is 26.1 Å². The fourth-order valence-corrected chi connectivity index (χ4v) is 3.27. The number of hydrogen-bond donors (Lipinski definition) is 3. The number of aryl methyl sites for hydroxylation is 1. The average Bonchev–Trinajstić information content (AvgIpc) is 2.76. The quantitative estimate of drug-likeness (QED) is 0.555. The number of aromatic amines is 1. The minimum Gasteiger partial charge on any atom is -0.377 e. The van der Waals surface area contributed by atoms with Gasteiger partial charge >= 0.3 is 12.2 Å². The number of nitrogens with zero attached hydrogens (tertiary/aromatic N) is 5. The van der Waals surface area contributed by atoms with Crippen LogP contribution in [0.15, 0.2) is 35.5 Å². The van der Waals surface area contributed by atoms with Crippen LogP contribution in [0.5, 0.6) is 0 Å². The number of amides is 2. The summed E-state index contributed by atoms with van der Waals surface area (Å²) in [4.78, 5) is 36.2. The lowest BCUT2D eigenvalue weighted by Gasteiger charge is -2.34. The van der Waals surface area contributed by atoms with E-state index in [2.05, 4.69) is 25.7 Å². The van der Waals surface area contributed by atoms with Crippen molar-refractivity contribution in [3.05, 3.63) is 52.2 Å². The Bertz CT molecular complexity index is 1030. The maximum atomic E-state index is 13.1. The Kier molecular flexibility index (Phi) is 7.51. The standard InChI is InChI=1S/C20H25F3N8O2/c1-13-10-25-18(26-11-13)30-6-8-31(9-7-30)19(33)24-5-3-4-14(2)28-15-12-27-29-17(32)16(15)20(21,22)23/h3-4,10-12,14H,5-9H2,1-2H3,(H,24,33)(H2,28,29,32)/b4-3+/t14-/m0/s1. The summed E-state index contributed by atoms with van der Waals surface area (Å²) in [6.45, 7) is 5.98. The number of urea groups is 1. The zero-order chi connectivity index (χ0) is 24.0. The highest BCUT2D eigenvalue weighted by atomic mass is 19.4. The molecule has 3 heterocycles. The number of anilines is 2. The first-order valence-electron chi connectivity index (χ1n) is 10.3. The van der Waals surface area contributed by atoms with Crippen LogP contribution in [0.3, 0.4) is 0 Å². The molecule has 0 aliphatic carbocycles. The summed E-state index contributed by atoms with van der Waals surface area (Å²) in [6, 6.07) is -0.771. The van der Waals surface area contributed by atoms with Crippen LogP contribution in [0.25, 0.3) is 0 Å². The fraction of sp³-hybridized carbons (Fsp3) is 0.450. The Morgan fingerprint density at radius 3 is 2.52 bits per heavy atom. The molecule has 0 saturated carbocycles. The van der Waals surface area contributed by atoms with Gasteiger partial charge in [0.05, 0.1) is 11.9 Å². The summed E-state index contributed by atoms with van der Waals surface area (Å²) >= 11 is 0. The van der Waals surface area contributed by atoms with Gasteiger partial charge in [0.15, 0.2) is 0 Å². The maximum Gasteiger partial charge on any atom is 0.423 e. The SMILES string of the molecule is Cc1cnc(N2CCN(C(=O)NC/C=C/[C@H](C)Nc3cn[nH]c(=O)c3C(F)(F)F)CC2)nc1. The Hall–Kier alpha value is -3.64. The zero-order valence-electron chi connectivity index (χ0n) is 18.2. The van der Waals surface area contributed by atoms with Crippen LogP contribution in [0.2, 0.25) is 0 Å². The number of carbonyl (C=O) groups is 1. The van der Waals surface area contributed by atoms with Gasteiger partial charge in [-0.15, -0.1) is 0 Å². The lowest BCUT2D eigenvalue weighted by Crippen LogP contribution is -2.52. The van der Waals surface area contributed by atoms with E-state index in [0.29, 0.717) is 32.1 Å². The summed E-state index contributed by atoms with van der Waals surface area (Å²) in [5, 5.41) is 10.6. The molecule has 3 N–H and O–H groups in total. The summed E-state index contributed by atoms with van der Waals surface area (Å²) in [5.74, 6) is 0.634. The van der Waals surface area contributed by atoms with Gasteiger partial charge in [0, 0.05) is 51.2 Å². The van der Waals surface area contributed by atoms with Crippen LogP contribution in [-0.2, 0) is 6.18 Å². The molecule has 0 radical (unpaired) electrons. The van der Waals surface area contributed by atoms with Crippen LogP contribution >= 0.6 is 0 Å². The van der Waals surface area contributed by atoms with Gasteiger partial charge in [-0.3, -0.25) is 4.79 Å². The summed E-state index contributed by atoms with van der Waals surface area (Å²) in [6.07, 6.45) is 2.82. The van der Waals surface area contributed by atoms with E-state index in [-0.39, 0.29) is 12.6 Å². The third kappa shape index (κ3) is 6.43. The molecule has 2 aromatic rings. The summed E-state index contributed by atoms with van der Waals surface area (Å²) in [5.41, 5.74) is -2.08. The number of carbonyl (C=O) groups excluding carboxylic acids is 1. The Morgan fingerprint density at radius 1 is 1.21 bits per heavy atom. The fourth-order valence-electron chi connectivity index (χ4n) is 3.27. The van der Waals surface area contributed by atoms with Crippen molar-refractivity contribution in [1.82, 2.24) is 30.4 Å². The predicted octanol–water partition coefficient (Wildman–Crippen LogP) is 1.78. The molecule has 1 aliphatic rings. The third-order valence-electron chi connectivity index (χ3n) is 4.94.